The number of amides is 2. The first kappa shape index (κ1) is 33.1. The van der Waals surface area contributed by atoms with E-state index in [4.69, 9.17) is 4.74 Å². The lowest BCUT2D eigenvalue weighted by atomic mass is 9.81. The summed E-state index contributed by atoms with van der Waals surface area (Å²) in [4.78, 5) is 32.7. The maximum absolute atomic E-state index is 14.6. The number of piperazine rings is 1. The van der Waals surface area contributed by atoms with Gasteiger partial charge in [-0.1, -0.05) is 25.3 Å². The summed E-state index contributed by atoms with van der Waals surface area (Å²) in [7, 11) is -0.0814. The van der Waals surface area contributed by atoms with E-state index < -0.39 is 26.1 Å². The Morgan fingerprint density at radius 2 is 1.58 bits per heavy atom. The third kappa shape index (κ3) is 5.82. The zero-order valence-electron chi connectivity index (χ0n) is 29.0. The fourth-order valence-corrected chi connectivity index (χ4v) is 9.16. The van der Waals surface area contributed by atoms with Gasteiger partial charge in [0.25, 0.3) is 5.91 Å². The van der Waals surface area contributed by atoms with Crippen LogP contribution in [-0.4, -0.2) is 78.7 Å². The largest absolute Gasteiger partial charge is 0.497 e. The van der Waals surface area contributed by atoms with Crippen LogP contribution in [0.5, 0.6) is 5.75 Å². The average molecular weight is 675 g/mol. The van der Waals surface area contributed by atoms with Gasteiger partial charge in [0.2, 0.25) is 15.9 Å². The van der Waals surface area contributed by atoms with E-state index in [0.29, 0.717) is 18.0 Å². The number of nitrogens with zero attached hydrogens (tertiary/aromatic N) is 3. The number of ether oxygens (including phenoxy) is 1. The summed E-state index contributed by atoms with van der Waals surface area (Å²) in [6.45, 7) is 7.09. The Morgan fingerprint density at radius 3 is 2.17 bits per heavy atom. The van der Waals surface area contributed by atoms with Gasteiger partial charge >= 0.3 is 0 Å². The first-order chi connectivity index (χ1) is 22.8. The molecular formula is C38H50N4O5S. The number of nitrogens with one attached hydrogen (secondary N) is 1. The van der Waals surface area contributed by atoms with Crippen molar-refractivity contribution < 1.29 is 22.7 Å². The van der Waals surface area contributed by atoms with Crippen molar-refractivity contribution in [3.05, 3.63) is 53.6 Å². The van der Waals surface area contributed by atoms with Crippen LogP contribution in [-0.2, 0) is 21.4 Å². The number of carbonyl (C=O) groups excluding carboxylic acids is 2. The molecule has 2 unspecified atom stereocenters. The summed E-state index contributed by atoms with van der Waals surface area (Å²) in [5.41, 5.74) is 4.09. The number of benzene rings is 2. The number of aromatic nitrogens is 1. The van der Waals surface area contributed by atoms with Crippen LogP contribution < -0.4 is 9.46 Å². The number of likely N-dealkylation sites (N-methyl/N-ethyl adjacent to an activating group) is 1. The normalized spacial score (nSPS) is 23.0. The van der Waals surface area contributed by atoms with Crippen molar-refractivity contribution in [2.24, 2.45) is 5.41 Å². The van der Waals surface area contributed by atoms with Crippen molar-refractivity contribution in [3.63, 3.8) is 0 Å². The minimum absolute atomic E-state index is 0.263. The molecule has 4 aliphatic rings. The van der Waals surface area contributed by atoms with E-state index in [9.17, 15) is 18.0 Å². The van der Waals surface area contributed by atoms with Crippen LogP contribution in [0.3, 0.4) is 0 Å². The first-order valence-electron chi connectivity index (χ1n) is 17.7. The number of likely N-dealkylation sites (tertiary alicyclic amines) is 1. The van der Waals surface area contributed by atoms with Gasteiger partial charge in [0, 0.05) is 48.2 Å². The van der Waals surface area contributed by atoms with E-state index in [1.807, 2.05) is 24.3 Å². The number of rotatable bonds is 8. The van der Waals surface area contributed by atoms with E-state index in [0.717, 1.165) is 79.5 Å². The molecule has 7 rings (SSSR count). The third-order valence-electron chi connectivity index (χ3n) is 11.4. The van der Waals surface area contributed by atoms with Gasteiger partial charge in [-0.05, 0) is 120 Å². The molecule has 2 atom stereocenters. The van der Waals surface area contributed by atoms with Gasteiger partial charge in [0.1, 0.15) is 5.75 Å². The van der Waals surface area contributed by atoms with Crippen molar-refractivity contribution in [1.82, 2.24) is 19.1 Å². The minimum Gasteiger partial charge on any atom is -0.497 e. The highest BCUT2D eigenvalue weighted by atomic mass is 32.2. The Bertz CT molecular complexity index is 1820. The number of sulfonamides is 1. The quantitative estimate of drug-likeness (QED) is 0.301. The molecule has 0 spiro atoms. The molecule has 2 saturated heterocycles. The van der Waals surface area contributed by atoms with E-state index in [1.165, 1.54) is 24.8 Å². The van der Waals surface area contributed by atoms with Gasteiger partial charge in [-0.25, -0.2) is 13.1 Å². The summed E-state index contributed by atoms with van der Waals surface area (Å²) >= 11 is 0. The molecule has 2 aliphatic carbocycles. The Labute approximate surface area is 285 Å². The predicted octanol–water partition coefficient (Wildman–Crippen LogP) is 6.31. The lowest BCUT2D eigenvalue weighted by Gasteiger charge is -2.41. The van der Waals surface area contributed by atoms with E-state index >= 15 is 0 Å². The molecule has 1 aromatic heterocycles. The van der Waals surface area contributed by atoms with Crippen LogP contribution in [0.1, 0.15) is 100 Å². The number of hydrogen-bond donors (Lipinski definition) is 1. The van der Waals surface area contributed by atoms with Gasteiger partial charge in [-0.3, -0.25) is 9.59 Å². The molecule has 3 aromatic rings. The molecular weight excluding hydrogens is 625 g/mol. The van der Waals surface area contributed by atoms with Gasteiger partial charge in [0.05, 0.1) is 23.0 Å². The molecule has 9 nitrogen and oxygen atoms in total. The molecule has 2 aromatic carbocycles. The zero-order valence-corrected chi connectivity index (χ0v) is 29.9. The van der Waals surface area contributed by atoms with Gasteiger partial charge in [-0.15, -0.1) is 0 Å². The third-order valence-corrected chi connectivity index (χ3v) is 13.5. The lowest BCUT2D eigenvalue weighted by molar-refractivity contribution is -0.143. The van der Waals surface area contributed by atoms with Crippen LogP contribution >= 0.6 is 0 Å². The molecule has 48 heavy (non-hydrogen) atoms. The van der Waals surface area contributed by atoms with Crippen LogP contribution in [0.2, 0.25) is 0 Å². The number of methoxy groups -OCH3 is 1. The van der Waals surface area contributed by atoms with Crippen LogP contribution in [0.15, 0.2) is 42.5 Å². The molecule has 0 radical (unpaired) electrons. The molecule has 10 heteroatoms. The second-order valence-corrected chi connectivity index (χ2v) is 18.2. The summed E-state index contributed by atoms with van der Waals surface area (Å²) < 4.78 is 34.9. The van der Waals surface area contributed by atoms with Crippen molar-refractivity contribution in [2.45, 2.75) is 108 Å². The topological polar surface area (TPSA) is 101 Å². The predicted molar refractivity (Wildman–Crippen MR) is 189 cm³/mol. The summed E-state index contributed by atoms with van der Waals surface area (Å²) in [6.07, 6.45) is 9.52. The second kappa shape index (κ2) is 12.2. The molecule has 2 saturated carbocycles. The zero-order chi connectivity index (χ0) is 34.0. The van der Waals surface area contributed by atoms with Crippen LogP contribution in [0.25, 0.3) is 22.2 Å². The maximum Gasteiger partial charge on any atom is 0.264 e. The molecule has 2 amide bonds. The number of fused-ring (bicyclic) bond motifs is 3. The van der Waals surface area contributed by atoms with E-state index in [1.54, 1.807) is 33.9 Å². The van der Waals surface area contributed by atoms with E-state index in [2.05, 4.69) is 38.3 Å². The second-order valence-electron chi connectivity index (χ2n) is 15.8. The van der Waals surface area contributed by atoms with Crippen LogP contribution in [0, 0.1) is 5.41 Å². The maximum atomic E-state index is 14.6. The molecule has 1 N–H and O–H groups in total. The van der Waals surface area contributed by atoms with Crippen molar-refractivity contribution in [3.8, 4) is 17.0 Å². The highest BCUT2D eigenvalue weighted by Gasteiger charge is 2.56. The Balaban J connectivity index is 1.37. The van der Waals surface area contributed by atoms with E-state index in [-0.39, 0.29) is 18.0 Å². The SMILES string of the molecule is COc1ccc(-c2c(C3CCCCC3)c3ccc(C(=O)NS(=O)(=O)C(C)(C)C)cc3n2CC2(C(=O)N3C4CCC3CN(C)C4)CC2)cc1. The van der Waals surface area contributed by atoms with Crippen molar-refractivity contribution in [1.29, 1.82) is 0 Å². The fourth-order valence-electron chi connectivity index (χ4n) is 8.49. The monoisotopic (exact) mass is 674 g/mol. The smallest absolute Gasteiger partial charge is 0.264 e. The molecule has 2 bridgehead atoms. The Morgan fingerprint density at radius 1 is 0.938 bits per heavy atom. The highest BCUT2D eigenvalue weighted by Crippen LogP contribution is 2.53. The van der Waals surface area contributed by atoms with Crippen molar-refractivity contribution in [2.75, 3.05) is 27.2 Å². The Kier molecular flexibility index (Phi) is 8.42. The molecule has 3 heterocycles. The summed E-state index contributed by atoms with van der Waals surface area (Å²) in [5.74, 6) is 0.755. The minimum atomic E-state index is -3.90. The average Bonchev–Trinajstić information content (AvgIpc) is 3.71. The Hall–Kier alpha value is -3.37. The fraction of sp³-hybridized carbons (Fsp3) is 0.579. The number of hydrogen-bond acceptors (Lipinski definition) is 6. The molecule has 258 valence electrons. The van der Waals surface area contributed by atoms with Crippen LogP contribution in [0.4, 0.5) is 0 Å². The summed E-state index contributed by atoms with van der Waals surface area (Å²) in [6, 6.07) is 14.3. The standard InChI is InChI=1S/C38H50N4O5S/c1-37(2,3)48(45,46)39-35(43)27-13-18-31-32(21-27)41(24-38(19-20-38)36(44)42-28-14-15-29(42)23-40(4)22-28)34(26-11-16-30(47-5)17-12-26)33(31)25-9-7-6-8-10-25/h11-13,16-18,21,25,28-29H,6-10,14-15,19-20,22-24H2,1-5H3,(H,39,43). The highest BCUT2D eigenvalue weighted by molar-refractivity contribution is 7.91. The number of carbonyl (C=O) groups is 2. The summed E-state index contributed by atoms with van der Waals surface area (Å²) in [5, 5.41) is 1.07. The van der Waals surface area contributed by atoms with Gasteiger partial charge in [0.15, 0.2) is 0 Å². The molecule has 2 aliphatic heterocycles. The van der Waals surface area contributed by atoms with Gasteiger partial charge < -0.3 is 19.1 Å². The van der Waals surface area contributed by atoms with Crippen molar-refractivity contribution >= 4 is 32.7 Å². The van der Waals surface area contributed by atoms with Gasteiger partial charge in [-0.2, -0.15) is 0 Å². The molecule has 4 fully saturated rings. The lowest BCUT2D eigenvalue weighted by Crippen LogP contribution is -2.56. The first-order valence-corrected chi connectivity index (χ1v) is 19.2.